The fourth-order valence-electron chi connectivity index (χ4n) is 3.14. The first-order chi connectivity index (χ1) is 15.6. The van der Waals surface area contributed by atoms with Gasteiger partial charge in [0.1, 0.15) is 29.9 Å². The first-order valence-electron chi connectivity index (χ1n) is 10.2. The zero-order valence-electron chi connectivity index (χ0n) is 18.5. The standard InChI is InChI=1S/C24H24N2O2.CH4N2O/c1-4-18-9-7-10-22(26-3)21(18)16-27-23-13-12-20(14-17(23)2)28-24-11-6-5-8-19(24)15-25;2-3-1-4/h5-14,26H,4,16H2,1-3H3;1H,2H2,(H,3,4). The number of rotatable bonds is 8. The smallest absolute Gasteiger partial charge is 0.221 e. The Labute approximate surface area is 188 Å². The number of hydrogen-bond acceptors (Lipinski definition) is 6. The van der Waals surface area contributed by atoms with Crippen molar-refractivity contribution in [2.75, 3.05) is 12.4 Å². The van der Waals surface area contributed by atoms with Crippen molar-refractivity contribution in [3.63, 3.8) is 0 Å². The lowest BCUT2D eigenvalue weighted by Gasteiger charge is -2.16. The summed E-state index contributed by atoms with van der Waals surface area (Å²) >= 11 is 0. The first kappa shape index (κ1) is 24.3. The molecule has 7 heteroatoms. The molecule has 0 saturated carbocycles. The van der Waals surface area contributed by atoms with E-state index in [9.17, 15) is 5.26 Å². The van der Waals surface area contributed by atoms with Crippen LogP contribution in [0.3, 0.4) is 0 Å². The quantitative estimate of drug-likeness (QED) is 0.210. The minimum Gasteiger partial charge on any atom is -0.489 e. The molecule has 0 atom stereocenters. The van der Waals surface area contributed by atoms with Crippen molar-refractivity contribution in [1.29, 1.82) is 5.26 Å². The van der Waals surface area contributed by atoms with Gasteiger partial charge in [0.25, 0.3) is 0 Å². The van der Waals surface area contributed by atoms with Crippen molar-refractivity contribution >= 4 is 12.1 Å². The molecule has 0 aliphatic carbocycles. The summed E-state index contributed by atoms with van der Waals surface area (Å²) < 4.78 is 12.0. The number of carbonyl (C=O) groups excluding carboxylic acids is 1. The van der Waals surface area contributed by atoms with E-state index in [-0.39, 0.29) is 0 Å². The molecule has 0 aromatic heterocycles. The molecule has 7 nitrogen and oxygen atoms in total. The summed E-state index contributed by atoms with van der Waals surface area (Å²) in [4.78, 5) is 8.94. The Balaban J connectivity index is 0.000000837. The fourth-order valence-corrected chi connectivity index (χ4v) is 3.14. The number of anilines is 1. The number of nitrogens with zero attached hydrogens (tertiary/aromatic N) is 1. The summed E-state index contributed by atoms with van der Waals surface area (Å²) in [6.07, 6.45) is 1.36. The van der Waals surface area contributed by atoms with Gasteiger partial charge in [0.2, 0.25) is 6.41 Å². The fraction of sp³-hybridized carbons (Fsp3) is 0.200. The van der Waals surface area contributed by atoms with Crippen LogP contribution in [0.1, 0.15) is 29.2 Å². The lowest BCUT2D eigenvalue weighted by Crippen LogP contribution is -2.18. The minimum absolute atomic E-state index is 0.403. The summed E-state index contributed by atoms with van der Waals surface area (Å²) in [5.74, 6) is 6.45. The molecule has 0 aliphatic rings. The van der Waals surface area contributed by atoms with Gasteiger partial charge in [-0.15, -0.1) is 0 Å². The summed E-state index contributed by atoms with van der Waals surface area (Å²) in [6.45, 7) is 4.64. The van der Waals surface area contributed by atoms with Crippen molar-refractivity contribution in [3.8, 4) is 23.3 Å². The van der Waals surface area contributed by atoms with Crippen LogP contribution < -0.4 is 26.1 Å². The molecule has 0 saturated heterocycles. The zero-order valence-corrected chi connectivity index (χ0v) is 18.5. The van der Waals surface area contributed by atoms with Crippen LogP contribution >= 0.6 is 0 Å². The van der Waals surface area contributed by atoms with E-state index in [1.165, 1.54) is 11.1 Å². The monoisotopic (exact) mass is 432 g/mol. The second-order valence-electron chi connectivity index (χ2n) is 6.76. The van der Waals surface area contributed by atoms with Crippen molar-refractivity contribution in [3.05, 3.63) is 82.9 Å². The Hall–Kier alpha value is -4.02. The van der Waals surface area contributed by atoms with Gasteiger partial charge in [0.05, 0.1) is 5.56 Å². The van der Waals surface area contributed by atoms with E-state index in [1.54, 1.807) is 17.6 Å². The Kier molecular flexibility index (Phi) is 9.57. The third-order valence-electron chi connectivity index (χ3n) is 4.75. The number of aryl methyl sites for hydroxylation is 2. The van der Waals surface area contributed by atoms with Crippen molar-refractivity contribution in [2.24, 2.45) is 5.84 Å². The number of hydrogen-bond donors (Lipinski definition) is 3. The molecule has 32 heavy (non-hydrogen) atoms. The average Bonchev–Trinajstić information content (AvgIpc) is 2.83. The van der Waals surface area contributed by atoms with Crippen LogP contribution in [0.15, 0.2) is 60.7 Å². The molecule has 3 aromatic carbocycles. The molecule has 0 aliphatic heterocycles. The third-order valence-corrected chi connectivity index (χ3v) is 4.75. The first-order valence-corrected chi connectivity index (χ1v) is 10.2. The predicted octanol–water partition coefficient (Wildman–Crippen LogP) is 4.45. The number of nitriles is 1. The largest absolute Gasteiger partial charge is 0.489 e. The van der Waals surface area contributed by atoms with E-state index < -0.39 is 0 Å². The molecule has 0 bridgehead atoms. The number of nitrogens with one attached hydrogen (secondary N) is 2. The maximum Gasteiger partial charge on any atom is 0.221 e. The number of ether oxygens (including phenoxy) is 2. The van der Waals surface area contributed by atoms with Crippen LogP contribution in [-0.2, 0) is 17.8 Å². The molecule has 0 heterocycles. The SMILES string of the molecule is CCc1cccc(NC)c1COc1ccc(Oc2ccccc2C#N)cc1C.NNC=O. The summed E-state index contributed by atoms with van der Waals surface area (Å²) in [5, 5.41) is 12.4. The molecule has 3 rings (SSSR count). The molecule has 0 spiro atoms. The molecular formula is C25H28N4O3. The van der Waals surface area contributed by atoms with E-state index >= 15 is 0 Å². The second-order valence-corrected chi connectivity index (χ2v) is 6.76. The van der Waals surface area contributed by atoms with Crippen molar-refractivity contribution in [2.45, 2.75) is 26.9 Å². The highest BCUT2D eigenvalue weighted by Crippen LogP contribution is 2.30. The van der Waals surface area contributed by atoms with Crippen LogP contribution in [0.4, 0.5) is 5.69 Å². The average molecular weight is 433 g/mol. The van der Waals surface area contributed by atoms with E-state index in [0.717, 1.165) is 23.4 Å². The molecule has 3 aromatic rings. The van der Waals surface area contributed by atoms with Gasteiger partial charge in [-0.25, -0.2) is 5.84 Å². The van der Waals surface area contributed by atoms with Crippen LogP contribution in [0.5, 0.6) is 17.2 Å². The van der Waals surface area contributed by atoms with Crippen molar-refractivity contribution < 1.29 is 14.3 Å². The van der Waals surface area contributed by atoms with Gasteiger partial charge in [-0.3, -0.25) is 10.2 Å². The number of nitrogens with two attached hydrogens (primary N) is 1. The third kappa shape index (κ3) is 6.49. The molecule has 0 unspecified atom stereocenters. The lowest BCUT2D eigenvalue weighted by molar-refractivity contribution is -0.109. The number of para-hydroxylation sites is 1. The minimum atomic E-state index is 0.403. The Morgan fingerprint density at radius 3 is 2.47 bits per heavy atom. The second kappa shape index (κ2) is 12.6. The summed E-state index contributed by atoms with van der Waals surface area (Å²) in [6, 6.07) is 21.3. The predicted molar refractivity (Wildman–Crippen MR) is 125 cm³/mol. The number of hydrazine groups is 1. The van der Waals surface area contributed by atoms with Gasteiger partial charge in [0.15, 0.2) is 0 Å². The van der Waals surface area contributed by atoms with Gasteiger partial charge < -0.3 is 14.8 Å². The normalized spacial score (nSPS) is 9.59. The zero-order chi connectivity index (χ0) is 23.3. The van der Waals surface area contributed by atoms with Gasteiger partial charge in [0, 0.05) is 18.3 Å². The topological polar surface area (TPSA) is 109 Å². The molecule has 0 fully saturated rings. The maximum absolute atomic E-state index is 9.20. The van der Waals surface area contributed by atoms with Crippen molar-refractivity contribution in [1.82, 2.24) is 5.43 Å². The van der Waals surface area contributed by atoms with Crippen LogP contribution in [0.2, 0.25) is 0 Å². The summed E-state index contributed by atoms with van der Waals surface area (Å²) in [5.41, 5.74) is 6.78. The van der Waals surface area contributed by atoms with Gasteiger partial charge in [-0.1, -0.05) is 31.2 Å². The van der Waals surface area contributed by atoms with Crippen LogP contribution in [-0.4, -0.2) is 13.5 Å². The van der Waals surface area contributed by atoms with Gasteiger partial charge in [-0.05, 0) is 60.9 Å². The lowest BCUT2D eigenvalue weighted by atomic mass is 10.0. The molecule has 0 radical (unpaired) electrons. The van der Waals surface area contributed by atoms with E-state index in [2.05, 4.69) is 42.4 Å². The Morgan fingerprint density at radius 1 is 1.09 bits per heavy atom. The molecular weight excluding hydrogens is 404 g/mol. The highest BCUT2D eigenvalue weighted by molar-refractivity contribution is 5.54. The molecule has 166 valence electrons. The van der Waals surface area contributed by atoms with E-state index in [4.69, 9.17) is 14.3 Å². The maximum atomic E-state index is 9.20. The van der Waals surface area contributed by atoms with Gasteiger partial charge >= 0.3 is 0 Å². The number of carbonyl (C=O) groups is 1. The van der Waals surface area contributed by atoms with Crippen LogP contribution in [0.25, 0.3) is 0 Å². The van der Waals surface area contributed by atoms with Gasteiger partial charge in [-0.2, -0.15) is 5.26 Å². The van der Waals surface area contributed by atoms with E-state index in [0.29, 0.717) is 30.1 Å². The number of amides is 1. The Bertz CT molecular complexity index is 1050. The highest BCUT2D eigenvalue weighted by Gasteiger charge is 2.10. The van der Waals surface area contributed by atoms with E-state index in [1.807, 2.05) is 44.3 Å². The molecule has 1 amide bonds. The highest BCUT2D eigenvalue weighted by atomic mass is 16.5. The number of benzene rings is 3. The summed E-state index contributed by atoms with van der Waals surface area (Å²) in [7, 11) is 1.93. The molecule has 4 N–H and O–H groups in total. The Morgan fingerprint density at radius 2 is 1.84 bits per heavy atom. The van der Waals surface area contributed by atoms with Crippen LogP contribution in [0, 0.1) is 18.3 Å².